The molecule has 1 N–H and O–H groups in total. The normalized spacial score (nSPS) is 10.8. The van der Waals surface area contributed by atoms with Crippen LogP contribution in [0.4, 0.5) is 5.69 Å². The summed E-state index contributed by atoms with van der Waals surface area (Å²) in [4.78, 5) is 14.1. The molecule has 6 heteroatoms. The van der Waals surface area contributed by atoms with E-state index in [1.54, 1.807) is 25.3 Å². The third kappa shape index (κ3) is 6.20. The zero-order valence-electron chi connectivity index (χ0n) is 16.8. The topological polar surface area (TPSA) is 50.8 Å². The van der Waals surface area contributed by atoms with E-state index in [0.717, 1.165) is 18.4 Å². The third-order valence-electron chi connectivity index (χ3n) is 4.28. The molecule has 0 aliphatic heterocycles. The monoisotopic (exact) mass is 402 g/mol. The largest absolute Gasteiger partial charge is 0.493 e. The first-order valence-electron chi connectivity index (χ1n) is 9.08. The van der Waals surface area contributed by atoms with Crippen LogP contribution in [0.25, 0.3) is 6.08 Å². The van der Waals surface area contributed by atoms with Gasteiger partial charge in [-0.1, -0.05) is 23.7 Å². The van der Waals surface area contributed by atoms with E-state index in [9.17, 15) is 4.79 Å². The fourth-order valence-electron chi connectivity index (χ4n) is 2.73. The van der Waals surface area contributed by atoms with Crippen molar-refractivity contribution in [3.8, 4) is 11.5 Å². The summed E-state index contributed by atoms with van der Waals surface area (Å²) in [5.41, 5.74) is 3.20. The number of amides is 1. The Balaban J connectivity index is 1.81. The highest BCUT2D eigenvalue weighted by Crippen LogP contribution is 2.36. The summed E-state index contributed by atoms with van der Waals surface area (Å²) in [6.07, 6.45) is 4.98. The molecule has 1 amide bonds. The number of nitrogens with zero attached hydrogens (tertiary/aromatic N) is 1. The Kier molecular flexibility index (Phi) is 8.20. The standard InChI is InChI=1S/C22H27ClN2O3/c1-25(2)18-10-7-16(8-11-18)6-5-13-24-21(26)12-9-17-14-19(23)22(28-4)20(15-17)27-3/h7-12,14-15H,5-6,13H2,1-4H3,(H,24,26)/b12-9+. The second kappa shape index (κ2) is 10.6. The molecule has 2 aromatic rings. The number of hydrogen-bond acceptors (Lipinski definition) is 4. The van der Waals surface area contributed by atoms with Gasteiger partial charge in [-0.15, -0.1) is 0 Å². The molecule has 0 aliphatic rings. The van der Waals surface area contributed by atoms with Crippen LogP contribution >= 0.6 is 11.6 Å². The van der Waals surface area contributed by atoms with E-state index in [0.29, 0.717) is 23.1 Å². The molecule has 28 heavy (non-hydrogen) atoms. The maximum Gasteiger partial charge on any atom is 0.243 e. The van der Waals surface area contributed by atoms with Crippen molar-refractivity contribution < 1.29 is 14.3 Å². The molecule has 2 rings (SSSR count). The van der Waals surface area contributed by atoms with E-state index in [1.165, 1.54) is 24.4 Å². The first kappa shape index (κ1) is 21.6. The molecule has 150 valence electrons. The van der Waals surface area contributed by atoms with E-state index < -0.39 is 0 Å². The molecule has 0 heterocycles. The average molecular weight is 403 g/mol. The highest BCUT2D eigenvalue weighted by molar-refractivity contribution is 6.32. The first-order chi connectivity index (χ1) is 13.4. The molecule has 0 saturated carbocycles. The maximum atomic E-state index is 12.0. The molecule has 0 saturated heterocycles. The molecule has 0 unspecified atom stereocenters. The number of aryl methyl sites for hydroxylation is 1. The molecule has 0 bridgehead atoms. The second-order valence-electron chi connectivity index (χ2n) is 6.53. The van der Waals surface area contributed by atoms with Gasteiger partial charge in [0, 0.05) is 32.4 Å². The summed E-state index contributed by atoms with van der Waals surface area (Å²) in [6.45, 7) is 0.616. The lowest BCUT2D eigenvalue weighted by Gasteiger charge is -2.12. The van der Waals surface area contributed by atoms with Crippen LogP contribution in [0.1, 0.15) is 17.5 Å². The fraction of sp³-hybridized carbons (Fsp3) is 0.318. The molecule has 0 fully saturated rings. The Morgan fingerprint density at radius 1 is 1.14 bits per heavy atom. The van der Waals surface area contributed by atoms with Gasteiger partial charge in [0.2, 0.25) is 5.91 Å². The van der Waals surface area contributed by atoms with E-state index in [-0.39, 0.29) is 5.91 Å². The zero-order valence-corrected chi connectivity index (χ0v) is 17.5. The zero-order chi connectivity index (χ0) is 20.5. The summed E-state index contributed by atoms with van der Waals surface area (Å²) in [5, 5.41) is 3.33. The average Bonchev–Trinajstić information content (AvgIpc) is 2.69. The Labute approximate surface area is 171 Å². The SMILES string of the molecule is COc1cc(/C=C/C(=O)NCCCc2ccc(N(C)C)cc2)cc(Cl)c1OC. The number of nitrogens with one attached hydrogen (secondary N) is 1. The van der Waals surface area contributed by atoms with E-state index >= 15 is 0 Å². The second-order valence-corrected chi connectivity index (χ2v) is 6.93. The van der Waals surface area contributed by atoms with Crippen molar-refractivity contribution in [1.82, 2.24) is 5.32 Å². The summed E-state index contributed by atoms with van der Waals surface area (Å²) in [7, 11) is 7.12. The van der Waals surface area contributed by atoms with Crippen molar-refractivity contribution in [3.05, 3.63) is 58.6 Å². The lowest BCUT2D eigenvalue weighted by Crippen LogP contribution is -2.22. The number of carbonyl (C=O) groups excluding carboxylic acids is 1. The van der Waals surface area contributed by atoms with Crippen LogP contribution in [0.15, 0.2) is 42.5 Å². The van der Waals surface area contributed by atoms with Crippen LogP contribution in [-0.2, 0) is 11.2 Å². The van der Waals surface area contributed by atoms with Crippen LogP contribution in [0, 0.1) is 0 Å². The van der Waals surface area contributed by atoms with Crippen molar-refractivity contribution in [2.45, 2.75) is 12.8 Å². The number of hydrogen-bond donors (Lipinski definition) is 1. The minimum atomic E-state index is -0.145. The van der Waals surface area contributed by atoms with Crippen molar-refractivity contribution >= 4 is 29.3 Å². The molecular formula is C22H27ClN2O3. The van der Waals surface area contributed by atoms with Gasteiger partial charge in [-0.05, 0) is 54.3 Å². The van der Waals surface area contributed by atoms with Gasteiger partial charge in [-0.3, -0.25) is 4.79 Å². The van der Waals surface area contributed by atoms with Crippen molar-refractivity contribution in [2.75, 3.05) is 39.8 Å². The Morgan fingerprint density at radius 2 is 1.86 bits per heavy atom. The van der Waals surface area contributed by atoms with Gasteiger partial charge in [0.25, 0.3) is 0 Å². The molecule has 2 aromatic carbocycles. The Hall–Kier alpha value is -2.66. The summed E-state index contributed by atoms with van der Waals surface area (Å²) >= 11 is 6.17. The van der Waals surface area contributed by atoms with Gasteiger partial charge in [0.15, 0.2) is 11.5 Å². The summed E-state index contributed by atoms with van der Waals surface area (Å²) in [5.74, 6) is 0.855. The van der Waals surface area contributed by atoms with Crippen molar-refractivity contribution in [1.29, 1.82) is 0 Å². The minimum Gasteiger partial charge on any atom is -0.493 e. The van der Waals surface area contributed by atoms with Gasteiger partial charge in [0.05, 0.1) is 19.2 Å². The molecular weight excluding hydrogens is 376 g/mol. The maximum absolute atomic E-state index is 12.0. The number of anilines is 1. The van der Waals surface area contributed by atoms with Crippen LogP contribution < -0.4 is 19.7 Å². The number of rotatable bonds is 9. The van der Waals surface area contributed by atoms with E-state index in [1.807, 2.05) is 14.1 Å². The molecule has 0 radical (unpaired) electrons. The number of benzene rings is 2. The van der Waals surface area contributed by atoms with Crippen LogP contribution in [-0.4, -0.2) is 40.8 Å². The number of carbonyl (C=O) groups is 1. The predicted octanol–water partition coefficient (Wildman–Crippen LogP) is 4.19. The molecule has 5 nitrogen and oxygen atoms in total. The van der Waals surface area contributed by atoms with Gasteiger partial charge in [0.1, 0.15) is 0 Å². The third-order valence-corrected chi connectivity index (χ3v) is 4.56. The number of methoxy groups -OCH3 is 2. The van der Waals surface area contributed by atoms with Gasteiger partial charge in [-0.2, -0.15) is 0 Å². The van der Waals surface area contributed by atoms with E-state index in [4.69, 9.17) is 21.1 Å². The number of halogens is 1. The van der Waals surface area contributed by atoms with Gasteiger partial charge < -0.3 is 19.7 Å². The van der Waals surface area contributed by atoms with Gasteiger partial charge >= 0.3 is 0 Å². The minimum absolute atomic E-state index is 0.145. The van der Waals surface area contributed by atoms with Crippen LogP contribution in [0.5, 0.6) is 11.5 Å². The number of ether oxygens (including phenoxy) is 2. The highest BCUT2D eigenvalue weighted by Gasteiger charge is 2.09. The van der Waals surface area contributed by atoms with Crippen LogP contribution in [0.2, 0.25) is 5.02 Å². The quantitative estimate of drug-likeness (QED) is 0.505. The first-order valence-corrected chi connectivity index (χ1v) is 9.46. The van der Waals surface area contributed by atoms with Crippen molar-refractivity contribution in [3.63, 3.8) is 0 Å². The van der Waals surface area contributed by atoms with E-state index in [2.05, 4.69) is 34.5 Å². The molecule has 0 spiro atoms. The summed E-state index contributed by atoms with van der Waals surface area (Å²) in [6, 6.07) is 11.9. The van der Waals surface area contributed by atoms with Crippen LogP contribution in [0.3, 0.4) is 0 Å². The lowest BCUT2D eigenvalue weighted by atomic mass is 10.1. The smallest absolute Gasteiger partial charge is 0.243 e. The Bertz CT molecular complexity index is 817. The Morgan fingerprint density at radius 3 is 2.46 bits per heavy atom. The lowest BCUT2D eigenvalue weighted by molar-refractivity contribution is -0.116. The molecule has 0 aliphatic carbocycles. The molecule has 0 atom stereocenters. The summed E-state index contributed by atoms with van der Waals surface area (Å²) < 4.78 is 10.5. The fourth-order valence-corrected chi connectivity index (χ4v) is 3.03. The molecule has 0 aromatic heterocycles. The predicted molar refractivity (Wildman–Crippen MR) is 116 cm³/mol. The van der Waals surface area contributed by atoms with Gasteiger partial charge in [-0.25, -0.2) is 0 Å². The van der Waals surface area contributed by atoms with Crippen molar-refractivity contribution in [2.24, 2.45) is 0 Å². The highest BCUT2D eigenvalue weighted by atomic mass is 35.5.